The maximum atomic E-state index is 12.4. The molecule has 0 spiro atoms. The number of ether oxygens (including phenoxy) is 1. The van der Waals surface area contributed by atoms with Crippen molar-refractivity contribution in [2.75, 3.05) is 14.2 Å². The van der Waals surface area contributed by atoms with E-state index in [1.54, 1.807) is 37.3 Å². The van der Waals surface area contributed by atoms with Gasteiger partial charge in [0.15, 0.2) is 0 Å². The zero-order valence-electron chi connectivity index (χ0n) is 11.8. The summed E-state index contributed by atoms with van der Waals surface area (Å²) in [5.74, 6) is 0.701. The quantitative estimate of drug-likeness (QED) is 0.801. The Morgan fingerprint density at radius 2 is 2.05 bits per heavy atom. The van der Waals surface area contributed by atoms with Crippen LogP contribution in [-0.2, 0) is 6.54 Å². The van der Waals surface area contributed by atoms with E-state index >= 15 is 0 Å². The van der Waals surface area contributed by atoms with E-state index in [0.717, 1.165) is 15.8 Å². The molecule has 2 aromatic carbocycles. The number of rotatable bonds is 4. The van der Waals surface area contributed by atoms with Crippen LogP contribution in [0.25, 0.3) is 0 Å². The SMILES string of the molecule is COc1cccc(CN(C)C(=O)c2ccc(Br)c(Cl)c2)c1. The molecule has 0 saturated carbocycles. The van der Waals surface area contributed by atoms with Crippen molar-refractivity contribution in [2.45, 2.75) is 6.54 Å². The zero-order valence-corrected chi connectivity index (χ0v) is 14.1. The van der Waals surface area contributed by atoms with Crippen molar-refractivity contribution in [1.29, 1.82) is 0 Å². The second-order valence-corrected chi connectivity index (χ2v) is 5.90. The third-order valence-electron chi connectivity index (χ3n) is 3.07. The van der Waals surface area contributed by atoms with Gasteiger partial charge in [0.2, 0.25) is 0 Å². The van der Waals surface area contributed by atoms with Gasteiger partial charge in [0.05, 0.1) is 12.1 Å². The highest BCUT2D eigenvalue weighted by atomic mass is 79.9. The molecular weight excluding hydrogens is 354 g/mol. The van der Waals surface area contributed by atoms with Crippen molar-refractivity contribution in [3.8, 4) is 5.75 Å². The number of hydrogen-bond acceptors (Lipinski definition) is 2. The third-order valence-corrected chi connectivity index (χ3v) is 4.30. The number of amides is 1. The molecule has 0 bridgehead atoms. The molecule has 0 heterocycles. The van der Waals surface area contributed by atoms with E-state index in [2.05, 4.69) is 15.9 Å². The molecule has 0 saturated heterocycles. The number of nitrogens with zero attached hydrogens (tertiary/aromatic N) is 1. The number of benzene rings is 2. The molecule has 0 unspecified atom stereocenters. The molecule has 110 valence electrons. The van der Waals surface area contributed by atoms with Gasteiger partial charge in [-0.15, -0.1) is 0 Å². The highest BCUT2D eigenvalue weighted by Crippen LogP contribution is 2.24. The average Bonchev–Trinajstić information content (AvgIpc) is 2.49. The lowest BCUT2D eigenvalue weighted by Crippen LogP contribution is -2.26. The highest BCUT2D eigenvalue weighted by molar-refractivity contribution is 9.10. The second kappa shape index (κ2) is 6.96. The van der Waals surface area contributed by atoms with Crippen molar-refractivity contribution in [2.24, 2.45) is 0 Å². The van der Waals surface area contributed by atoms with Gasteiger partial charge in [-0.05, 0) is 51.8 Å². The number of halogens is 2. The number of methoxy groups -OCH3 is 1. The summed E-state index contributed by atoms with van der Waals surface area (Å²) in [7, 11) is 3.38. The Morgan fingerprint density at radius 3 is 2.71 bits per heavy atom. The van der Waals surface area contributed by atoms with Crippen LogP contribution < -0.4 is 4.74 Å². The maximum absolute atomic E-state index is 12.4. The minimum Gasteiger partial charge on any atom is -0.497 e. The predicted molar refractivity (Wildman–Crippen MR) is 87.9 cm³/mol. The van der Waals surface area contributed by atoms with Crippen LogP contribution in [0.4, 0.5) is 0 Å². The van der Waals surface area contributed by atoms with Crippen LogP contribution in [0.5, 0.6) is 5.75 Å². The Balaban J connectivity index is 2.13. The summed E-state index contributed by atoms with van der Waals surface area (Å²) in [6.07, 6.45) is 0. The molecule has 0 aliphatic heterocycles. The molecule has 2 aromatic rings. The van der Waals surface area contributed by atoms with Crippen LogP contribution in [0.2, 0.25) is 5.02 Å². The summed E-state index contributed by atoms with van der Waals surface area (Å²) in [6, 6.07) is 12.8. The van der Waals surface area contributed by atoms with Crippen LogP contribution in [0.15, 0.2) is 46.9 Å². The number of carbonyl (C=O) groups is 1. The molecule has 3 nitrogen and oxygen atoms in total. The monoisotopic (exact) mass is 367 g/mol. The van der Waals surface area contributed by atoms with E-state index in [0.29, 0.717) is 17.1 Å². The smallest absolute Gasteiger partial charge is 0.253 e. The van der Waals surface area contributed by atoms with Crippen molar-refractivity contribution in [3.05, 3.63) is 63.1 Å². The Morgan fingerprint density at radius 1 is 1.29 bits per heavy atom. The van der Waals surface area contributed by atoms with E-state index in [4.69, 9.17) is 16.3 Å². The molecular formula is C16H15BrClNO2. The molecule has 0 aliphatic rings. The summed E-state index contributed by atoms with van der Waals surface area (Å²) in [4.78, 5) is 14.0. The third kappa shape index (κ3) is 3.99. The lowest BCUT2D eigenvalue weighted by molar-refractivity contribution is 0.0785. The Hall–Kier alpha value is -1.52. The van der Waals surface area contributed by atoms with Gasteiger partial charge in [-0.2, -0.15) is 0 Å². The Kier molecular flexibility index (Phi) is 5.26. The van der Waals surface area contributed by atoms with Crippen molar-refractivity contribution >= 4 is 33.4 Å². The van der Waals surface area contributed by atoms with Crippen molar-refractivity contribution in [3.63, 3.8) is 0 Å². The summed E-state index contributed by atoms with van der Waals surface area (Å²) < 4.78 is 5.96. The standard InChI is InChI=1S/C16H15BrClNO2/c1-19(10-11-4-3-5-13(8-11)21-2)16(20)12-6-7-14(17)15(18)9-12/h3-9H,10H2,1-2H3. The molecule has 0 atom stereocenters. The molecule has 21 heavy (non-hydrogen) atoms. The van der Waals surface area contributed by atoms with E-state index in [9.17, 15) is 4.79 Å². The normalized spacial score (nSPS) is 10.3. The molecule has 5 heteroatoms. The summed E-state index contributed by atoms with van der Waals surface area (Å²) >= 11 is 9.34. The van der Waals surface area contributed by atoms with Gasteiger partial charge in [-0.1, -0.05) is 23.7 Å². The van der Waals surface area contributed by atoms with Crippen LogP contribution >= 0.6 is 27.5 Å². The van der Waals surface area contributed by atoms with Gasteiger partial charge in [0.25, 0.3) is 5.91 Å². The molecule has 0 radical (unpaired) electrons. The average molecular weight is 369 g/mol. The molecule has 0 fully saturated rings. The summed E-state index contributed by atoms with van der Waals surface area (Å²) in [5.41, 5.74) is 1.57. The van der Waals surface area contributed by atoms with Crippen molar-refractivity contribution in [1.82, 2.24) is 4.90 Å². The lowest BCUT2D eigenvalue weighted by Gasteiger charge is -2.18. The molecule has 0 N–H and O–H groups in total. The van der Waals surface area contributed by atoms with Crippen LogP contribution in [0.1, 0.15) is 15.9 Å². The molecule has 0 aromatic heterocycles. The van der Waals surface area contributed by atoms with Crippen LogP contribution in [0, 0.1) is 0 Å². The highest BCUT2D eigenvalue weighted by Gasteiger charge is 2.13. The fraction of sp³-hybridized carbons (Fsp3) is 0.188. The lowest BCUT2D eigenvalue weighted by atomic mass is 10.1. The number of hydrogen-bond donors (Lipinski definition) is 0. The van der Waals surface area contributed by atoms with Gasteiger partial charge in [0, 0.05) is 23.6 Å². The minimum absolute atomic E-state index is 0.0766. The first-order valence-electron chi connectivity index (χ1n) is 6.34. The fourth-order valence-corrected chi connectivity index (χ4v) is 2.39. The first-order valence-corrected chi connectivity index (χ1v) is 7.52. The van der Waals surface area contributed by atoms with Crippen molar-refractivity contribution < 1.29 is 9.53 Å². The van der Waals surface area contributed by atoms with E-state index in [-0.39, 0.29) is 5.91 Å². The van der Waals surface area contributed by atoms with E-state index < -0.39 is 0 Å². The summed E-state index contributed by atoms with van der Waals surface area (Å²) in [5, 5.41) is 0.524. The zero-order chi connectivity index (χ0) is 15.4. The molecule has 2 rings (SSSR count). The van der Waals surface area contributed by atoms with Gasteiger partial charge in [0.1, 0.15) is 5.75 Å². The number of carbonyl (C=O) groups excluding carboxylic acids is 1. The van der Waals surface area contributed by atoms with Gasteiger partial charge < -0.3 is 9.64 Å². The van der Waals surface area contributed by atoms with Gasteiger partial charge in [-0.3, -0.25) is 4.79 Å². The molecule has 0 aliphatic carbocycles. The first-order chi connectivity index (χ1) is 10.0. The van der Waals surface area contributed by atoms with E-state index in [1.165, 1.54) is 0 Å². The van der Waals surface area contributed by atoms with Crippen LogP contribution in [0.3, 0.4) is 0 Å². The minimum atomic E-state index is -0.0766. The van der Waals surface area contributed by atoms with Crippen LogP contribution in [-0.4, -0.2) is 25.0 Å². The Bertz CT molecular complexity index is 660. The fourth-order valence-electron chi connectivity index (χ4n) is 1.97. The second-order valence-electron chi connectivity index (χ2n) is 4.64. The maximum Gasteiger partial charge on any atom is 0.253 e. The van der Waals surface area contributed by atoms with Gasteiger partial charge >= 0.3 is 0 Å². The first kappa shape index (κ1) is 15.9. The van der Waals surface area contributed by atoms with Gasteiger partial charge in [-0.25, -0.2) is 0 Å². The van der Waals surface area contributed by atoms with E-state index in [1.807, 2.05) is 24.3 Å². The largest absolute Gasteiger partial charge is 0.497 e. The predicted octanol–water partition coefficient (Wildman–Crippen LogP) is 4.38. The molecule has 1 amide bonds. The Labute approximate surface area is 137 Å². The summed E-state index contributed by atoms with van der Waals surface area (Å²) in [6.45, 7) is 0.504. The topological polar surface area (TPSA) is 29.5 Å².